The number of rotatable bonds is 3. The summed E-state index contributed by atoms with van der Waals surface area (Å²) >= 11 is 0. The molecule has 0 radical (unpaired) electrons. The molecule has 0 bridgehead atoms. The van der Waals surface area contributed by atoms with Crippen molar-refractivity contribution in [3.8, 4) is 0 Å². The normalized spacial score (nSPS) is 25.3. The summed E-state index contributed by atoms with van der Waals surface area (Å²) in [5, 5.41) is 16.5. The molecule has 1 aromatic heterocycles. The number of nitrogens with zero attached hydrogens (tertiary/aromatic N) is 2. The zero-order valence-electron chi connectivity index (χ0n) is 8.74. The van der Waals surface area contributed by atoms with Gasteiger partial charge >= 0.3 is 0 Å². The number of benzene rings is 1. The molecule has 0 saturated heterocycles. The lowest BCUT2D eigenvalue weighted by atomic mass is 10.1. The monoisotopic (exact) mass is 215 g/mol. The van der Waals surface area contributed by atoms with Crippen LogP contribution in [-0.4, -0.2) is 20.3 Å². The summed E-state index contributed by atoms with van der Waals surface area (Å²) in [6.45, 7) is 0. The van der Waals surface area contributed by atoms with Gasteiger partial charge in [-0.05, 0) is 23.8 Å². The molecular weight excluding hydrogens is 202 g/mol. The Morgan fingerprint density at radius 2 is 2.12 bits per heavy atom. The minimum Gasteiger partial charge on any atom is -0.385 e. The second kappa shape index (κ2) is 3.72. The number of aliphatic hydroxyl groups excluding tert-OH is 1. The molecule has 1 aromatic carbocycles. The smallest absolute Gasteiger partial charge is 0.153 e. The second-order valence-electron chi connectivity index (χ2n) is 4.23. The van der Waals surface area contributed by atoms with Crippen LogP contribution in [0, 0.1) is 5.92 Å². The highest BCUT2D eigenvalue weighted by Crippen LogP contribution is 2.53. The van der Waals surface area contributed by atoms with Gasteiger partial charge < -0.3 is 5.11 Å². The Kier molecular flexibility index (Phi) is 2.22. The minimum atomic E-state index is -0.521. The first-order valence-electron chi connectivity index (χ1n) is 5.44. The molecule has 2 N–H and O–H groups in total. The highest BCUT2D eigenvalue weighted by atomic mass is 16.3. The molecular formula is C12H13N3O. The van der Waals surface area contributed by atoms with E-state index in [1.165, 1.54) is 11.9 Å². The maximum atomic E-state index is 10.0. The highest BCUT2D eigenvalue weighted by Gasteiger charge is 2.44. The summed E-state index contributed by atoms with van der Waals surface area (Å²) in [7, 11) is 0. The third-order valence-electron chi connectivity index (χ3n) is 3.19. The van der Waals surface area contributed by atoms with E-state index < -0.39 is 6.10 Å². The van der Waals surface area contributed by atoms with Crippen LogP contribution in [0.4, 0.5) is 0 Å². The Morgan fingerprint density at radius 3 is 2.81 bits per heavy atom. The average Bonchev–Trinajstić information content (AvgIpc) is 2.95. The number of H-pyrrole nitrogens is 1. The molecule has 1 aliphatic carbocycles. The largest absolute Gasteiger partial charge is 0.385 e. The first-order chi connectivity index (χ1) is 7.86. The zero-order valence-corrected chi connectivity index (χ0v) is 8.74. The molecule has 0 spiro atoms. The molecule has 4 heteroatoms. The van der Waals surface area contributed by atoms with Gasteiger partial charge in [-0.3, -0.25) is 5.10 Å². The van der Waals surface area contributed by atoms with Crippen molar-refractivity contribution < 1.29 is 5.11 Å². The van der Waals surface area contributed by atoms with Gasteiger partial charge in [-0.2, -0.15) is 5.10 Å². The lowest BCUT2D eigenvalue weighted by Crippen LogP contribution is -2.03. The first-order valence-corrected chi connectivity index (χ1v) is 5.44. The van der Waals surface area contributed by atoms with E-state index in [0.29, 0.717) is 11.7 Å². The molecule has 1 heterocycles. The summed E-state index contributed by atoms with van der Waals surface area (Å²) in [6, 6.07) is 10.3. The van der Waals surface area contributed by atoms with E-state index in [-0.39, 0.29) is 5.92 Å². The summed E-state index contributed by atoms with van der Waals surface area (Å²) < 4.78 is 0. The zero-order chi connectivity index (χ0) is 11.0. The molecule has 0 aliphatic heterocycles. The lowest BCUT2D eigenvalue weighted by Gasteiger charge is -2.06. The predicted octanol–water partition coefficient (Wildman–Crippen LogP) is 1.64. The van der Waals surface area contributed by atoms with Gasteiger partial charge in [0, 0.05) is 0 Å². The van der Waals surface area contributed by atoms with Crippen molar-refractivity contribution in [2.75, 3.05) is 0 Å². The molecule has 1 saturated carbocycles. The molecule has 16 heavy (non-hydrogen) atoms. The molecule has 1 fully saturated rings. The van der Waals surface area contributed by atoms with Crippen LogP contribution >= 0.6 is 0 Å². The van der Waals surface area contributed by atoms with Gasteiger partial charge in [0.1, 0.15) is 12.4 Å². The first kappa shape index (κ1) is 9.54. The molecule has 1 aliphatic rings. The van der Waals surface area contributed by atoms with Gasteiger partial charge in [0.05, 0.1) is 0 Å². The minimum absolute atomic E-state index is 0.273. The van der Waals surface area contributed by atoms with Gasteiger partial charge in [-0.25, -0.2) is 4.98 Å². The standard InChI is InChI=1S/C12H13N3O/c16-11(12-13-7-14-15-12)10-6-9(10)8-4-2-1-3-5-8/h1-5,7,9-11,16H,6H2,(H,13,14,15). The van der Waals surface area contributed by atoms with Crippen molar-refractivity contribution in [2.24, 2.45) is 5.92 Å². The Balaban J connectivity index is 1.73. The quantitative estimate of drug-likeness (QED) is 0.818. The van der Waals surface area contributed by atoms with Crippen LogP contribution in [0.5, 0.6) is 0 Å². The van der Waals surface area contributed by atoms with Crippen molar-refractivity contribution in [1.82, 2.24) is 15.2 Å². The number of nitrogens with one attached hydrogen (secondary N) is 1. The van der Waals surface area contributed by atoms with E-state index in [2.05, 4.69) is 27.3 Å². The van der Waals surface area contributed by atoms with Crippen LogP contribution in [0.1, 0.15) is 29.8 Å². The number of aliphatic hydroxyl groups is 1. The highest BCUT2D eigenvalue weighted by molar-refractivity contribution is 5.26. The van der Waals surface area contributed by atoms with E-state index in [1.54, 1.807) is 0 Å². The van der Waals surface area contributed by atoms with Gasteiger partial charge in [0.2, 0.25) is 0 Å². The average molecular weight is 215 g/mol. The van der Waals surface area contributed by atoms with E-state index in [4.69, 9.17) is 0 Å². The van der Waals surface area contributed by atoms with E-state index in [9.17, 15) is 5.11 Å². The van der Waals surface area contributed by atoms with Gasteiger partial charge in [-0.1, -0.05) is 30.3 Å². The maximum absolute atomic E-state index is 10.0. The summed E-state index contributed by atoms with van der Waals surface area (Å²) in [5.74, 6) is 1.31. The summed E-state index contributed by atoms with van der Waals surface area (Å²) in [5.41, 5.74) is 1.30. The molecule has 3 unspecified atom stereocenters. The Morgan fingerprint density at radius 1 is 1.31 bits per heavy atom. The van der Waals surface area contributed by atoms with E-state index >= 15 is 0 Å². The number of hydrogen-bond donors (Lipinski definition) is 2. The Hall–Kier alpha value is -1.68. The van der Waals surface area contributed by atoms with Gasteiger partial charge in [-0.15, -0.1) is 0 Å². The van der Waals surface area contributed by atoms with E-state index in [0.717, 1.165) is 6.42 Å². The van der Waals surface area contributed by atoms with Crippen LogP contribution < -0.4 is 0 Å². The SMILES string of the molecule is OC(c1ncn[nH]1)C1CC1c1ccccc1. The maximum Gasteiger partial charge on any atom is 0.153 e. The summed E-state index contributed by atoms with van der Waals surface area (Å²) in [4.78, 5) is 3.99. The van der Waals surface area contributed by atoms with Crippen molar-refractivity contribution >= 4 is 0 Å². The molecule has 3 rings (SSSR count). The fourth-order valence-electron chi connectivity index (χ4n) is 2.21. The Labute approximate surface area is 93.4 Å². The van der Waals surface area contributed by atoms with Crippen LogP contribution in [0.3, 0.4) is 0 Å². The van der Waals surface area contributed by atoms with Crippen molar-refractivity contribution in [2.45, 2.75) is 18.4 Å². The number of aromatic nitrogens is 3. The predicted molar refractivity (Wildman–Crippen MR) is 58.6 cm³/mol. The molecule has 0 amide bonds. The number of hydrogen-bond acceptors (Lipinski definition) is 3. The fourth-order valence-corrected chi connectivity index (χ4v) is 2.21. The molecule has 82 valence electrons. The fraction of sp³-hybridized carbons (Fsp3) is 0.333. The third-order valence-corrected chi connectivity index (χ3v) is 3.19. The molecule has 2 aromatic rings. The van der Waals surface area contributed by atoms with Crippen LogP contribution in [0.15, 0.2) is 36.7 Å². The van der Waals surface area contributed by atoms with Crippen LogP contribution in [0.2, 0.25) is 0 Å². The third kappa shape index (κ3) is 1.61. The van der Waals surface area contributed by atoms with Crippen molar-refractivity contribution in [3.63, 3.8) is 0 Å². The van der Waals surface area contributed by atoms with Crippen LogP contribution in [0.25, 0.3) is 0 Å². The lowest BCUT2D eigenvalue weighted by molar-refractivity contribution is 0.142. The van der Waals surface area contributed by atoms with Gasteiger partial charge in [0.25, 0.3) is 0 Å². The molecule has 3 atom stereocenters. The van der Waals surface area contributed by atoms with Crippen LogP contribution in [-0.2, 0) is 0 Å². The van der Waals surface area contributed by atoms with Crippen molar-refractivity contribution in [3.05, 3.63) is 48.0 Å². The number of aromatic amines is 1. The second-order valence-corrected chi connectivity index (χ2v) is 4.23. The summed E-state index contributed by atoms with van der Waals surface area (Å²) in [6.07, 6.45) is 1.93. The Bertz CT molecular complexity index is 454. The van der Waals surface area contributed by atoms with Crippen molar-refractivity contribution in [1.29, 1.82) is 0 Å². The topological polar surface area (TPSA) is 61.8 Å². The molecule has 4 nitrogen and oxygen atoms in total. The van der Waals surface area contributed by atoms with Gasteiger partial charge in [0.15, 0.2) is 5.82 Å². The van der Waals surface area contributed by atoms with E-state index in [1.807, 2.05) is 18.2 Å².